The fraction of sp³-hybridized carbons (Fsp3) is 0.733. The summed E-state index contributed by atoms with van der Waals surface area (Å²) in [7, 11) is 0. The fourth-order valence-corrected chi connectivity index (χ4v) is 3.08. The second-order valence-corrected chi connectivity index (χ2v) is 6.43. The molecule has 0 amide bonds. The Kier molecular flexibility index (Phi) is 6.70. The third kappa shape index (κ3) is 4.81. The summed E-state index contributed by atoms with van der Waals surface area (Å²) in [5.74, 6) is 1.73. The Morgan fingerprint density at radius 3 is 2.52 bits per heavy atom. The minimum atomic E-state index is 0.527. The van der Waals surface area contributed by atoms with Crippen LogP contribution in [0.5, 0.6) is 0 Å². The molecule has 1 atom stereocenters. The van der Waals surface area contributed by atoms with Gasteiger partial charge in [-0.15, -0.1) is 0 Å². The van der Waals surface area contributed by atoms with Crippen LogP contribution in [0, 0.1) is 0 Å². The van der Waals surface area contributed by atoms with Crippen LogP contribution in [0.25, 0.3) is 0 Å². The second kappa shape index (κ2) is 8.54. The standard InChI is InChI=1S/C15H26BrN5/c1-3-7-17-14-13(16)15(20-11-19-14)18-10-12(2)21-8-5-4-6-9-21/h11-12H,3-10H2,1-2H3,(H2,17,18,19,20). The van der Waals surface area contributed by atoms with E-state index in [4.69, 9.17) is 0 Å². The third-order valence-electron chi connectivity index (χ3n) is 3.91. The molecule has 1 aromatic rings. The molecular weight excluding hydrogens is 330 g/mol. The molecule has 1 aliphatic heterocycles. The van der Waals surface area contributed by atoms with E-state index in [1.807, 2.05) is 0 Å². The van der Waals surface area contributed by atoms with Crippen LogP contribution in [0.2, 0.25) is 0 Å². The van der Waals surface area contributed by atoms with Gasteiger partial charge < -0.3 is 10.6 Å². The van der Waals surface area contributed by atoms with Gasteiger partial charge in [0.15, 0.2) is 0 Å². The number of hydrogen-bond acceptors (Lipinski definition) is 5. The zero-order valence-corrected chi connectivity index (χ0v) is 14.6. The molecule has 1 aliphatic rings. The molecule has 118 valence electrons. The van der Waals surface area contributed by atoms with Crippen molar-refractivity contribution in [3.8, 4) is 0 Å². The summed E-state index contributed by atoms with van der Waals surface area (Å²) in [5, 5.41) is 6.75. The van der Waals surface area contributed by atoms with Gasteiger partial charge in [0, 0.05) is 19.1 Å². The molecule has 0 bridgehead atoms. The number of rotatable bonds is 7. The van der Waals surface area contributed by atoms with Crippen LogP contribution in [-0.4, -0.2) is 47.1 Å². The van der Waals surface area contributed by atoms with Gasteiger partial charge in [-0.05, 0) is 55.2 Å². The minimum Gasteiger partial charge on any atom is -0.369 e. The maximum atomic E-state index is 4.34. The van der Waals surface area contributed by atoms with Crippen molar-refractivity contribution in [1.82, 2.24) is 14.9 Å². The first-order valence-electron chi connectivity index (χ1n) is 7.94. The van der Waals surface area contributed by atoms with Crippen molar-refractivity contribution in [1.29, 1.82) is 0 Å². The highest BCUT2D eigenvalue weighted by Crippen LogP contribution is 2.26. The lowest BCUT2D eigenvalue weighted by Gasteiger charge is -2.32. The summed E-state index contributed by atoms with van der Waals surface area (Å²) in [4.78, 5) is 11.2. The van der Waals surface area contributed by atoms with E-state index in [1.165, 1.54) is 32.4 Å². The van der Waals surface area contributed by atoms with E-state index in [0.29, 0.717) is 6.04 Å². The number of nitrogens with zero attached hydrogens (tertiary/aromatic N) is 3. The molecule has 6 heteroatoms. The predicted molar refractivity (Wildman–Crippen MR) is 91.9 cm³/mol. The summed E-state index contributed by atoms with van der Waals surface area (Å²) >= 11 is 3.59. The number of aromatic nitrogens is 2. The molecule has 2 heterocycles. The molecule has 21 heavy (non-hydrogen) atoms. The second-order valence-electron chi connectivity index (χ2n) is 5.64. The number of piperidine rings is 1. The van der Waals surface area contributed by atoms with Crippen LogP contribution in [0.15, 0.2) is 10.8 Å². The summed E-state index contributed by atoms with van der Waals surface area (Å²) in [6.45, 7) is 8.68. The molecule has 2 rings (SSSR count). The van der Waals surface area contributed by atoms with Crippen molar-refractivity contribution >= 4 is 27.6 Å². The van der Waals surface area contributed by atoms with E-state index in [-0.39, 0.29) is 0 Å². The lowest BCUT2D eigenvalue weighted by atomic mass is 10.1. The molecule has 1 fully saturated rings. The lowest BCUT2D eigenvalue weighted by Crippen LogP contribution is -2.41. The molecule has 1 saturated heterocycles. The fourth-order valence-electron chi connectivity index (χ4n) is 2.59. The van der Waals surface area contributed by atoms with Gasteiger partial charge in [0.2, 0.25) is 0 Å². The smallest absolute Gasteiger partial charge is 0.146 e. The van der Waals surface area contributed by atoms with E-state index in [9.17, 15) is 0 Å². The summed E-state index contributed by atoms with van der Waals surface area (Å²) in [6.07, 6.45) is 6.71. The monoisotopic (exact) mass is 355 g/mol. The highest BCUT2D eigenvalue weighted by Gasteiger charge is 2.17. The molecule has 0 aromatic carbocycles. The highest BCUT2D eigenvalue weighted by atomic mass is 79.9. The Balaban J connectivity index is 1.89. The molecular formula is C15H26BrN5. The Hall–Kier alpha value is -0.880. The largest absolute Gasteiger partial charge is 0.369 e. The van der Waals surface area contributed by atoms with E-state index < -0.39 is 0 Å². The molecule has 0 radical (unpaired) electrons. The number of anilines is 2. The zero-order valence-electron chi connectivity index (χ0n) is 13.0. The number of nitrogens with one attached hydrogen (secondary N) is 2. The minimum absolute atomic E-state index is 0.527. The van der Waals surface area contributed by atoms with Crippen molar-refractivity contribution in [3.05, 3.63) is 10.8 Å². The molecule has 0 spiro atoms. The van der Waals surface area contributed by atoms with Crippen molar-refractivity contribution in [2.24, 2.45) is 0 Å². The van der Waals surface area contributed by atoms with Crippen LogP contribution in [-0.2, 0) is 0 Å². The summed E-state index contributed by atoms with van der Waals surface area (Å²) in [6, 6.07) is 0.527. The first kappa shape index (κ1) is 16.5. The van der Waals surface area contributed by atoms with Crippen LogP contribution >= 0.6 is 15.9 Å². The SMILES string of the molecule is CCCNc1ncnc(NCC(C)N2CCCCC2)c1Br. The van der Waals surface area contributed by atoms with Gasteiger partial charge in [-0.1, -0.05) is 13.3 Å². The normalized spacial score (nSPS) is 17.5. The van der Waals surface area contributed by atoms with E-state index >= 15 is 0 Å². The first-order valence-corrected chi connectivity index (χ1v) is 8.74. The molecule has 2 N–H and O–H groups in total. The topological polar surface area (TPSA) is 53.1 Å². The maximum absolute atomic E-state index is 4.34. The summed E-state index contributed by atoms with van der Waals surface area (Å²) in [5.41, 5.74) is 0. The Bertz CT molecular complexity index is 434. The zero-order chi connectivity index (χ0) is 15.1. The molecule has 5 nitrogen and oxygen atoms in total. The molecule has 0 aliphatic carbocycles. The van der Waals surface area contributed by atoms with Crippen LogP contribution in [0.1, 0.15) is 39.5 Å². The van der Waals surface area contributed by atoms with Crippen molar-refractivity contribution in [2.75, 3.05) is 36.8 Å². The lowest BCUT2D eigenvalue weighted by molar-refractivity contribution is 0.180. The molecule has 1 unspecified atom stereocenters. The van der Waals surface area contributed by atoms with Crippen molar-refractivity contribution in [3.63, 3.8) is 0 Å². The predicted octanol–water partition coefficient (Wildman–Crippen LogP) is 3.35. The van der Waals surface area contributed by atoms with E-state index in [2.05, 4.69) is 55.3 Å². The van der Waals surface area contributed by atoms with Crippen LogP contribution in [0.4, 0.5) is 11.6 Å². The van der Waals surface area contributed by atoms with Gasteiger partial charge in [0.25, 0.3) is 0 Å². The number of hydrogen-bond donors (Lipinski definition) is 2. The Labute approximate surface area is 136 Å². The van der Waals surface area contributed by atoms with Gasteiger partial charge in [0.05, 0.1) is 0 Å². The van der Waals surface area contributed by atoms with Gasteiger partial charge in [0.1, 0.15) is 22.4 Å². The number of likely N-dealkylation sites (tertiary alicyclic amines) is 1. The van der Waals surface area contributed by atoms with Crippen LogP contribution < -0.4 is 10.6 Å². The van der Waals surface area contributed by atoms with Crippen molar-refractivity contribution in [2.45, 2.75) is 45.6 Å². The average molecular weight is 356 g/mol. The van der Waals surface area contributed by atoms with Crippen LogP contribution in [0.3, 0.4) is 0 Å². The highest BCUT2D eigenvalue weighted by molar-refractivity contribution is 9.10. The summed E-state index contributed by atoms with van der Waals surface area (Å²) < 4.78 is 0.921. The quantitative estimate of drug-likeness (QED) is 0.785. The molecule has 1 aromatic heterocycles. The van der Waals surface area contributed by atoms with Gasteiger partial charge >= 0.3 is 0 Å². The van der Waals surface area contributed by atoms with Gasteiger partial charge in [-0.25, -0.2) is 9.97 Å². The first-order chi connectivity index (χ1) is 10.2. The Morgan fingerprint density at radius 2 is 1.86 bits per heavy atom. The van der Waals surface area contributed by atoms with Gasteiger partial charge in [-0.3, -0.25) is 4.90 Å². The Morgan fingerprint density at radius 1 is 1.19 bits per heavy atom. The third-order valence-corrected chi connectivity index (χ3v) is 4.66. The maximum Gasteiger partial charge on any atom is 0.146 e. The average Bonchev–Trinajstić information content (AvgIpc) is 2.53. The van der Waals surface area contributed by atoms with E-state index in [1.54, 1.807) is 6.33 Å². The van der Waals surface area contributed by atoms with E-state index in [0.717, 1.165) is 35.6 Å². The molecule has 0 saturated carbocycles. The number of halogens is 1. The van der Waals surface area contributed by atoms with Gasteiger partial charge in [-0.2, -0.15) is 0 Å². The van der Waals surface area contributed by atoms with Crippen molar-refractivity contribution < 1.29 is 0 Å².